The van der Waals surface area contributed by atoms with Gasteiger partial charge in [0.1, 0.15) is 0 Å². The number of ether oxygens (including phenoxy) is 1. The predicted octanol–water partition coefficient (Wildman–Crippen LogP) is 3.18. The molecule has 0 aliphatic heterocycles. The lowest BCUT2D eigenvalue weighted by Gasteiger charge is -2.18. The molecule has 0 aliphatic rings. The standard InChI is InChI=1S/C14H20O2/c1-11(9-10-16-3)12(2)14(15)13-7-5-4-6-8-13/h4-8,11-12H,9-10H2,1-3H3. The van der Waals surface area contributed by atoms with Crippen LogP contribution in [-0.4, -0.2) is 19.5 Å². The van der Waals surface area contributed by atoms with Gasteiger partial charge in [0.25, 0.3) is 0 Å². The normalized spacial score (nSPS) is 14.4. The second-order valence-corrected chi connectivity index (χ2v) is 4.28. The van der Waals surface area contributed by atoms with Crippen LogP contribution in [0.2, 0.25) is 0 Å². The van der Waals surface area contributed by atoms with Crippen molar-refractivity contribution < 1.29 is 9.53 Å². The zero-order chi connectivity index (χ0) is 12.0. The maximum absolute atomic E-state index is 12.1. The molecule has 0 fully saturated rings. The Morgan fingerprint density at radius 3 is 2.44 bits per heavy atom. The molecule has 1 aromatic rings. The Morgan fingerprint density at radius 2 is 1.88 bits per heavy atom. The summed E-state index contributed by atoms with van der Waals surface area (Å²) in [4.78, 5) is 12.1. The fraction of sp³-hybridized carbons (Fsp3) is 0.500. The summed E-state index contributed by atoms with van der Waals surface area (Å²) in [6.07, 6.45) is 0.927. The van der Waals surface area contributed by atoms with Gasteiger partial charge in [0.2, 0.25) is 0 Å². The van der Waals surface area contributed by atoms with Gasteiger partial charge in [-0.05, 0) is 12.3 Å². The van der Waals surface area contributed by atoms with E-state index >= 15 is 0 Å². The van der Waals surface area contributed by atoms with Crippen LogP contribution in [0, 0.1) is 11.8 Å². The SMILES string of the molecule is COCCC(C)C(C)C(=O)c1ccccc1. The fourth-order valence-corrected chi connectivity index (χ4v) is 1.68. The number of benzene rings is 1. The molecule has 88 valence electrons. The van der Waals surface area contributed by atoms with Gasteiger partial charge in [0, 0.05) is 25.2 Å². The summed E-state index contributed by atoms with van der Waals surface area (Å²) < 4.78 is 5.04. The second kappa shape index (κ2) is 6.44. The number of Topliss-reactive ketones (excluding diaryl/α,β-unsaturated/α-hetero) is 1. The van der Waals surface area contributed by atoms with Crippen molar-refractivity contribution in [3.05, 3.63) is 35.9 Å². The van der Waals surface area contributed by atoms with Crippen LogP contribution >= 0.6 is 0 Å². The van der Waals surface area contributed by atoms with Crippen LogP contribution in [0.1, 0.15) is 30.6 Å². The van der Waals surface area contributed by atoms with E-state index in [0.29, 0.717) is 12.5 Å². The minimum absolute atomic E-state index is 0.0533. The number of carbonyl (C=O) groups excluding carboxylic acids is 1. The topological polar surface area (TPSA) is 26.3 Å². The van der Waals surface area contributed by atoms with Crippen molar-refractivity contribution in [3.8, 4) is 0 Å². The Balaban J connectivity index is 2.60. The van der Waals surface area contributed by atoms with Crippen molar-refractivity contribution in [1.82, 2.24) is 0 Å². The highest BCUT2D eigenvalue weighted by molar-refractivity contribution is 5.97. The predicted molar refractivity (Wildman–Crippen MR) is 65.6 cm³/mol. The molecule has 0 amide bonds. The lowest BCUT2D eigenvalue weighted by molar-refractivity contribution is 0.0869. The molecule has 0 bridgehead atoms. The minimum atomic E-state index is 0.0533. The van der Waals surface area contributed by atoms with Crippen molar-refractivity contribution in [2.24, 2.45) is 11.8 Å². The third kappa shape index (κ3) is 3.46. The van der Waals surface area contributed by atoms with Crippen molar-refractivity contribution in [2.75, 3.05) is 13.7 Å². The fourth-order valence-electron chi connectivity index (χ4n) is 1.68. The molecular weight excluding hydrogens is 200 g/mol. The average Bonchev–Trinajstić information content (AvgIpc) is 2.35. The average molecular weight is 220 g/mol. The highest BCUT2D eigenvalue weighted by Gasteiger charge is 2.20. The van der Waals surface area contributed by atoms with Crippen LogP contribution in [0.5, 0.6) is 0 Å². The highest BCUT2D eigenvalue weighted by Crippen LogP contribution is 2.19. The molecular formula is C14H20O2. The molecule has 0 saturated carbocycles. The Bertz CT molecular complexity index is 319. The number of hydrogen-bond donors (Lipinski definition) is 0. The number of hydrogen-bond acceptors (Lipinski definition) is 2. The van der Waals surface area contributed by atoms with Crippen LogP contribution < -0.4 is 0 Å². The summed E-state index contributed by atoms with van der Waals surface area (Å²) in [6, 6.07) is 9.49. The number of carbonyl (C=O) groups is 1. The maximum Gasteiger partial charge on any atom is 0.165 e. The molecule has 0 spiro atoms. The van der Waals surface area contributed by atoms with E-state index in [2.05, 4.69) is 6.92 Å². The van der Waals surface area contributed by atoms with Gasteiger partial charge in [-0.15, -0.1) is 0 Å². The van der Waals surface area contributed by atoms with Crippen molar-refractivity contribution in [1.29, 1.82) is 0 Å². The zero-order valence-corrected chi connectivity index (χ0v) is 10.3. The molecule has 0 saturated heterocycles. The molecule has 0 heterocycles. The summed E-state index contributed by atoms with van der Waals surface area (Å²) in [5.41, 5.74) is 0.805. The largest absolute Gasteiger partial charge is 0.385 e. The Kier molecular flexibility index (Phi) is 5.20. The number of ketones is 1. The van der Waals surface area contributed by atoms with Gasteiger partial charge >= 0.3 is 0 Å². The minimum Gasteiger partial charge on any atom is -0.385 e. The molecule has 0 N–H and O–H groups in total. The van der Waals surface area contributed by atoms with Crippen LogP contribution in [0.25, 0.3) is 0 Å². The van der Waals surface area contributed by atoms with Gasteiger partial charge in [0.05, 0.1) is 0 Å². The Hall–Kier alpha value is -1.15. The quantitative estimate of drug-likeness (QED) is 0.688. The zero-order valence-electron chi connectivity index (χ0n) is 10.3. The first-order valence-corrected chi connectivity index (χ1v) is 5.75. The van der Waals surface area contributed by atoms with Crippen molar-refractivity contribution in [2.45, 2.75) is 20.3 Å². The van der Waals surface area contributed by atoms with Gasteiger partial charge in [-0.1, -0.05) is 44.2 Å². The summed E-state index contributed by atoms with van der Waals surface area (Å²) in [5.74, 6) is 0.634. The summed E-state index contributed by atoms with van der Waals surface area (Å²) >= 11 is 0. The van der Waals surface area contributed by atoms with Gasteiger partial charge in [-0.3, -0.25) is 4.79 Å². The first kappa shape index (κ1) is 12.9. The summed E-state index contributed by atoms with van der Waals surface area (Å²) in [6.45, 7) is 4.81. The molecule has 2 heteroatoms. The van der Waals surface area contributed by atoms with Crippen molar-refractivity contribution in [3.63, 3.8) is 0 Å². The van der Waals surface area contributed by atoms with Gasteiger partial charge in [0.15, 0.2) is 5.78 Å². The summed E-state index contributed by atoms with van der Waals surface area (Å²) in [5, 5.41) is 0. The maximum atomic E-state index is 12.1. The summed E-state index contributed by atoms with van der Waals surface area (Å²) in [7, 11) is 1.69. The monoisotopic (exact) mass is 220 g/mol. The molecule has 2 atom stereocenters. The van der Waals surface area contributed by atoms with Crippen LogP contribution in [0.3, 0.4) is 0 Å². The molecule has 0 aromatic heterocycles. The van der Waals surface area contributed by atoms with Crippen LogP contribution in [-0.2, 0) is 4.74 Å². The number of methoxy groups -OCH3 is 1. The van der Waals surface area contributed by atoms with Gasteiger partial charge in [-0.2, -0.15) is 0 Å². The second-order valence-electron chi connectivity index (χ2n) is 4.28. The van der Waals surface area contributed by atoms with E-state index in [0.717, 1.165) is 12.0 Å². The Morgan fingerprint density at radius 1 is 1.25 bits per heavy atom. The van der Waals surface area contributed by atoms with Gasteiger partial charge < -0.3 is 4.74 Å². The molecule has 2 nitrogen and oxygen atoms in total. The third-order valence-corrected chi connectivity index (χ3v) is 3.10. The molecule has 1 rings (SSSR count). The van der Waals surface area contributed by atoms with Crippen molar-refractivity contribution >= 4 is 5.78 Å². The molecule has 1 aromatic carbocycles. The Labute approximate surface area is 97.6 Å². The number of rotatable bonds is 6. The van der Waals surface area contributed by atoms with Gasteiger partial charge in [-0.25, -0.2) is 0 Å². The van der Waals surface area contributed by atoms with Crippen LogP contribution in [0.4, 0.5) is 0 Å². The molecule has 16 heavy (non-hydrogen) atoms. The molecule has 0 radical (unpaired) electrons. The van der Waals surface area contributed by atoms with E-state index in [1.165, 1.54) is 0 Å². The van der Waals surface area contributed by atoms with Crippen LogP contribution in [0.15, 0.2) is 30.3 Å². The first-order valence-electron chi connectivity index (χ1n) is 5.75. The lowest BCUT2D eigenvalue weighted by atomic mass is 9.86. The van der Waals surface area contributed by atoms with E-state index in [1.807, 2.05) is 37.3 Å². The smallest absolute Gasteiger partial charge is 0.165 e. The van der Waals surface area contributed by atoms with E-state index in [4.69, 9.17) is 4.74 Å². The molecule has 0 aliphatic carbocycles. The first-order chi connectivity index (χ1) is 7.66. The highest BCUT2D eigenvalue weighted by atomic mass is 16.5. The third-order valence-electron chi connectivity index (χ3n) is 3.10. The van der Waals surface area contributed by atoms with E-state index in [1.54, 1.807) is 7.11 Å². The lowest BCUT2D eigenvalue weighted by Crippen LogP contribution is -2.20. The van der Waals surface area contributed by atoms with E-state index in [-0.39, 0.29) is 11.7 Å². The molecule has 2 unspecified atom stereocenters. The van der Waals surface area contributed by atoms with E-state index in [9.17, 15) is 4.79 Å². The van der Waals surface area contributed by atoms with E-state index < -0.39 is 0 Å².